The van der Waals surface area contributed by atoms with Crippen molar-refractivity contribution in [1.82, 2.24) is 9.80 Å². The zero-order valence-corrected chi connectivity index (χ0v) is 25.2. The summed E-state index contributed by atoms with van der Waals surface area (Å²) in [4.78, 5) is 11.6. The van der Waals surface area contributed by atoms with Gasteiger partial charge in [-0.2, -0.15) is 0 Å². The Labute approximate surface area is 259 Å². The van der Waals surface area contributed by atoms with Crippen LogP contribution >= 0.6 is 0 Å². The van der Waals surface area contributed by atoms with E-state index in [4.69, 9.17) is 9.47 Å². The number of anilines is 2. The van der Waals surface area contributed by atoms with Gasteiger partial charge in [-0.15, -0.1) is 0 Å². The fraction of sp³-hybridized carbons (Fsp3) is 0.579. The molecule has 224 valence electrons. The average molecular weight is 585 g/mol. The summed E-state index contributed by atoms with van der Waals surface area (Å²) in [6.07, 6.45) is 10.3. The second-order valence-electron chi connectivity index (χ2n) is 16.1. The molecule has 5 saturated heterocycles. The Bertz CT molecular complexity index is 1610. The minimum absolute atomic E-state index is 0.0792. The molecule has 0 aromatic heterocycles. The second kappa shape index (κ2) is 7.49. The summed E-state index contributed by atoms with van der Waals surface area (Å²) in [5.74, 6) is 1.96. The van der Waals surface area contributed by atoms with Crippen LogP contribution in [0.1, 0.15) is 36.8 Å². The molecule has 2 spiro atoms. The molecule has 2 saturated carbocycles. The van der Waals surface area contributed by atoms with Crippen molar-refractivity contribution < 1.29 is 9.47 Å². The molecule has 6 heteroatoms. The van der Waals surface area contributed by atoms with Gasteiger partial charge >= 0.3 is 0 Å². The molecule has 7 fully saturated rings. The Balaban J connectivity index is 1.15. The maximum atomic E-state index is 7.36. The van der Waals surface area contributed by atoms with Crippen molar-refractivity contribution in [2.24, 2.45) is 23.7 Å². The van der Waals surface area contributed by atoms with E-state index in [0.717, 1.165) is 26.3 Å². The van der Waals surface area contributed by atoms with E-state index >= 15 is 0 Å². The number of benzene rings is 2. The van der Waals surface area contributed by atoms with Crippen molar-refractivity contribution in [3.63, 3.8) is 0 Å². The summed E-state index contributed by atoms with van der Waals surface area (Å²) in [6, 6.07) is 21.3. The monoisotopic (exact) mass is 584 g/mol. The summed E-state index contributed by atoms with van der Waals surface area (Å²) < 4.78 is 14.7. The number of piperidine rings is 2. The molecule has 2 aliphatic carbocycles. The highest BCUT2D eigenvalue weighted by atomic mass is 16.5. The fourth-order valence-corrected chi connectivity index (χ4v) is 14.5. The third-order valence-electron chi connectivity index (χ3n) is 15.5. The minimum atomic E-state index is 0.0792. The van der Waals surface area contributed by atoms with Gasteiger partial charge in [0.05, 0.1) is 25.3 Å². The fourth-order valence-electron chi connectivity index (χ4n) is 14.5. The highest BCUT2D eigenvalue weighted by Crippen LogP contribution is 2.71. The molecule has 0 amide bonds. The molecule has 0 radical (unpaired) electrons. The molecular weight excluding hydrogens is 544 g/mol. The number of fused-ring (bicyclic) bond motifs is 6. The summed E-state index contributed by atoms with van der Waals surface area (Å²) in [6.45, 7) is 6.18. The van der Waals surface area contributed by atoms with Gasteiger partial charge in [-0.05, 0) is 73.9 Å². The van der Waals surface area contributed by atoms with Crippen molar-refractivity contribution in [2.45, 2.75) is 73.1 Å². The van der Waals surface area contributed by atoms with E-state index < -0.39 is 0 Å². The molecule has 44 heavy (non-hydrogen) atoms. The molecule has 12 atom stereocenters. The Morgan fingerprint density at radius 1 is 0.614 bits per heavy atom. The van der Waals surface area contributed by atoms with Crippen LogP contribution < -0.4 is 9.80 Å². The number of para-hydroxylation sites is 2. The van der Waals surface area contributed by atoms with Crippen LogP contribution in [0.2, 0.25) is 0 Å². The predicted molar refractivity (Wildman–Crippen MR) is 168 cm³/mol. The largest absolute Gasteiger partial charge is 0.354 e. The second-order valence-corrected chi connectivity index (χ2v) is 16.1. The van der Waals surface area contributed by atoms with Crippen LogP contribution in [0.15, 0.2) is 71.8 Å². The number of ether oxygens (including phenoxy) is 2. The highest BCUT2D eigenvalue weighted by molar-refractivity contribution is 5.72. The highest BCUT2D eigenvalue weighted by Gasteiger charge is 2.76. The Morgan fingerprint density at radius 3 is 1.59 bits per heavy atom. The van der Waals surface area contributed by atoms with Crippen molar-refractivity contribution in [1.29, 1.82) is 0 Å². The van der Waals surface area contributed by atoms with Gasteiger partial charge in [-0.25, -0.2) is 0 Å². The van der Waals surface area contributed by atoms with Crippen LogP contribution in [0.5, 0.6) is 0 Å². The van der Waals surface area contributed by atoms with E-state index in [0.29, 0.717) is 47.8 Å². The van der Waals surface area contributed by atoms with Crippen LogP contribution in [0.4, 0.5) is 11.4 Å². The summed E-state index contributed by atoms with van der Waals surface area (Å²) in [7, 11) is 0. The van der Waals surface area contributed by atoms with E-state index in [9.17, 15) is 0 Å². The van der Waals surface area contributed by atoms with E-state index in [-0.39, 0.29) is 23.3 Å². The van der Waals surface area contributed by atoms with Crippen molar-refractivity contribution in [3.8, 4) is 0 Å². The first-order chi connectivity index (χ1) is 21.8. The number of nitrogens with zero attached hydrogens (tertiary/aromatic N) is 4. The molecular formula is C38H40N4O2. The van der Waals surface area contributed by atoms with Gasteiger partial charge in [0.2, 0.25) is 0 Å². The molecule has 6 nitrogen and oxygen atoms in total. The molecule has 0 N–H and O–H groups in total. The lowest BCUT2D eigenvalue weighted by molar-refractivity contribution is -0.105. The Hall–Kier alpha value is -2.64. The van der Waals surface area contributed by atoms with E-state index in [1.54, 1.807) is 22.3 Å². The maximum absolute atomic E-state index is 7.36. The topological polar surface area (TPSA) is 31.4 Å². The van der Waals surface area contributed by atoms with E-state index in [2.05, 4.69) is 80.3 Å². The van der Waals surface area contributed by atoms with Crippen molar-refractivity contribution in [2.75, 3.05) is 49.2 Å². The molecule has 2 aromatic rings. The quantitative estimate of drug-likeness (QED) is 0.431. The van der Waals surface area contributed by atoms with Gasteiger partial charge in [-0.1, -0.05) is 59.7 Å². The van der Waals surface area contributed by atoms with Gasteiger partial charge in [0.25, 0.3) is 0 Å². The van der Waals surface area contributed by atoms with Gasteiger partial charge in [0.15, 0.2) is 0 Å². The summed E-state index contributed by atoms with van der Waals surface area (Å²) >= 11 is 0. The van der Waals surface area contributed by atoms with Gasteiger partial charge < -0.3 is 19.3 Å². The molecule has 8 unspecified atom stereocenters. The van der Waals surface area contributed by atoms with Gasteiger partial charge in [0.1, 0.15) is 12.5 Å². The molecule has 9 heterocycles. The van der Waals surface area contributed by atoms with Crippen molar-refractivity contribution >= 4 is 11.4 Å². The van der Waals surface area contributed by atoms with Crippen LogP contribution in [-0.2, 0) is 20.3 Å². The first-order valence-electron chi connectivity index (χ1n) is 17.6. The first-order valence-corrected chi connectivity index (χ1v) is 17.6. The number of hydrogen-bond acceptors (Lipinski definition) is 6. The van der Waals surface area contributed by atoms with Crippen LogP contribution in [0.3, 0.4) is 0 Å². The summed E-state index contributed by atoms with van der Waals surface area (Å²) in [5, 5.41) is 0. The Kier molecular flexibility index (Phi) is 4.03. The lowest BCUT2D eigenvalue weighted by Gasteiger charge is -2.65. The minimum Gasteiger partial charge on any atom is -0.354 e. The normalized spacial score (nSPS) is 49.4. The zero-order chi connectivity index (χ0) is 28.1. The molecule has 2 aromatic carbocycles. The molecule has 11 aliphatic rings. The third kappa shape index (κ3) is 2.28. The molecule has 4 bridgehead atoms. The zero-order valence-electron chi connectivity index (χ0n) is 25.2. The summed E-state index contributed by atoms with van der Waals surface area (Å²) in [5.41, 5.74) is 9.81. The average Bonchev–Trinajstić information content (AvgIpc) is 3.71. The lowest BCUT2D eigenvalue weighted by atomic mass is 9.52. The molecule has 9 aliphatic heterocycles. The third-order valence-corrected chi connectivity index (χ3v) is 15.5. The van der Waals surface area contributed by atoms with Crippen LogP contribution in [0, 0.1) is 23.7 Å². The number of hydrogen-bond donors (Lipinski definition) is 0. The van der Waals surface area contributed by atoms with Gasteiger partial charge in [0, 0.05) is 59.2 Å². The Morgan fingerprint density at radius 2 is 1.09 bits per heavy atom. The van der Waals surface area contributed by atoms with Crippen molar-refractivity contribution in [3.05, 3.63) is 83.0 Å². The lowest BCUT2D eigenvalue weighted by Crippen LogP contribution is -2.76. The molecule has 13 rings (SSSR count). The predicted octanol–water partition coefficient (Wildman–Crippen LogP) is 4.27. The van der Waals surface area contributed by atoms with Crippen LogP contribution in [0.25, 0.3) is 0 Å². The van der Waals surface area contributed by atoms with Crippen LogP contribution in [-0.4, -0.2) is 85.8 Å². The van der Waals surface area contributed by atoms with E-state index in [1.807, 2.05) is 0 Å². The maximum Gasteiger partial charge on any atom is 0.136 e. The first kappa shape index (κ1) is 23.7. The van der Waals surface area contributed by atoms with Gasteiger partial charge in [-0.3, -0.25) is 9.80 Å². The number of rotatable bonds is 0. The smallest absolute Gasteiger partial charge is 0.136 e. The van der Waals surface area contributed by atoms with E-state index in [1.165, 1.54) is 50.1 Å². The standard InChI is InChI=1S/C38H40N4O2/c1-3-7-27-25(5-1)37-11-13-39-19-21-10-16-44-36-31(23(21)17-29(37)39)33(37)41(27)35-32-24-18-30-38(12-14-40(30)20-22(24)9-15-43-35)26-6-2-4-8-28(26)42(36)34(32)38/h1-10,23-24,29-36H,11-20H2/t23?,24?,29?,30?,31?,32?,33-,34-,35?,36?,37+,38+/m0/s1. The SMILES string of the molecule is C1=C2CN3CC[C@@]45c6ccccc6N6C7OCC=C8CN9CC[C@]%10%11c%12ccccc%12N(C(OC1)C(C2CC34)[C@H]65)[C@H]%10C7C8CC9%11.